The van der Waals surface area contributed by atoms with Crippen LogP contribution in [0.3, 0.4) is 0 Å². The highest BCUT2D eigenvalue weighted by Gasteiger charge is 2.14. The van der Waals surface area contributed by atoms with Crippen LogP contribution in [0.15, 0.2) is 70.8 Å². The molecule has 7 heteroatoms. The van der Waals surface area contributed by atoms with E-state index in [2.05, 4.69) is 9.97 Å². The van der Waals surface area contributed by atoms with E-state index in [0.717, 1.165) is 5.75 Å². The van der Waals surface area contributed by atoms with Gasteiger partial charge in [0.25, 0.3) is 11.5 Å². The molecule has 0 aliphatic rings. The third kappa shape index (κ3) is 3.79. The minimum atomic E-state index is -0.182. The van der Waals surface area contributed by atoms with E-state index in [1.165, 1.54) is 16.2 Å². The Morgan fingerprint density at radius 2 is 1.79 bits per heavy atom. The Morgan fingerprint density at radius 3 is 2.54 bits per heavy atom. The van der Waals surface area contributed by atoms with Gasteiger partial charge in [-0.15, -0.1) is 11.3 Å². The third-order valence-electron chi connectivity index (χ3n) is 4.18. The summed E-state index contributed by atoms with van der Waals surface area (Å²) in [6.07, 6.45) is 0. The van der Waals surface area contributed by atoms with Crippen LogP contribution < -0.4 is 10.3 Å². The molecule has 140 valence electrons. The SMILES string of the molecule is CN(Cc1nc2ccsc2c(=O)[nH]1)C(=O)c1ccc(Oc2ccccc2)cc1. The van der Waals surface area contributed by atoms with Gasteiger partial charge in [0.2, 0.25) is 0 Å². The Hall–Kier alpha value is -3.45. The number of amides is 1. The van der Waals surface area contributed by atoms with Gasteiger partial charge in [0, 0.05) is 12.6 Å². The van der Waals surface area contributed by atoms with Crippen LogP contribution in [0.4, 0.5) is 0 Å². The molecule has 0 aliphatic carbocycles. The van der Waals surface area contributed by atoms with E-state index in [-0.39, 0.29) is 18.0 Å². The molecule has 0 saturated heterocycles. The van der Waals surface area contributed by atoms with E-state index in [9.17, 15) is 9.59 Å². The van der Waals surface area contributed by atoms with Crippen LogP contribution in [-0.2, 0) is 6.54 Å². The summed E-state index contributed by atoms with van der Waals surface area (Å²) in [5.41, 5.74) is 0.993. The second-order valence-electron chi connectivity index (χ2n) is 6.25. The summed E-state index contributed by atoms with van der Waals surface area (Å²) in [5, 5.41) is 1.82. The fourth-order valence-electron chi connectivity index (χ4n) is 2.80. The van der Waals surface area contributed by atoms with Crippen molar-refractivity contribution in [3.63, 3.8) is 0 Å². The number of hydrogen-bond donors (Lipinski definition) is 1. The van der Waals surface area contributed by atoms with Gasteiger partial charge in [-0.1, -0.05) is 18.2 Å². The molecular formula is C21H17N3O3S. The number of nitrogens with one attached hydrogen (secondary N) is 1. The quantitative estimate of drug-likeness (QED) is 0.557. The van der Waals surface area contributed by atoms with Gasteiger partial charge in [-0.25, -0.2) is 4.98 Å². The first-order valence-corrected chi connectivity index (χ1v) is 9.53. The summed E-state index contributed by atoms with van der Waals surface area (Å²) in [4.78, 5) is 33.4. The molecular weight excluding hydrogens is 374 g/mol. The molecule has 1 N–H and O–H groups in total. The number of carbonyl (C=O) groups excluding carboxylic acids is 1. The number of carbonyl (C=O) groups is 1. The number of fused-ring (bicyclic) bond motifs is 1. The Labute approximate surface area is 165 Å². The van der Waals surface area contributed by atoms with Gasteiger partial charge in [0.15, 0.2) is 0 Å². The van der Waals surface area contributed by atoms with Crippen LogP contribution in [-0.4, -0.2) is 27.8 Å². The molecule has 0 unspecified atom stereocenters. The molecule has 2 aromatic carbocycles. The standard InChI is InChI=1S/C21H17N3O3S/c1-24(13-18-22-17-11-12-28-19(17)20(25)23-18)21(26)14-7-9-16(10-8-14)27-15-5-3-2-4-6-15/h2-12H,13H2,1H3,(H,22,23,25). The predicted octanol–water partition coefficient (Wildman–Crippen LogP) is 4.05. The number of nitrogens with zero attached hydrogens (tertiary/aromatic N) is 2. The lowest BCUT2D eigenvalue weighted by molar-refractivity contribution is 0.0781. The van der Waals surface area contributed by atoms with E-state index in [1.54, 1.807) is 37.4 Å². The summed E-state index contributed by atoms with van der Waals surface area (Å²) >= 11 is 1.35. The fraction of sp³-hybridized carbons (Fsp3) is 0.0952. The molecule has 0 spiro atoms. The van der Waals surface area contributed by atoms with E-state index in [1.807, 2.05) is 35.7 Å². The molecule has 0 aliphatic heterocycles. The maximum atomic E-state index is 12.7. The van der Waals surface area contributed by atoms with Crippen molar-refractivity contribution in [2.24, 2.45) is 0 Å². The van der Waals surface area contributed by atoms with Gasteiger partial charge in [0.05, 0.1) is 12.1 Å². The minimum absolute atomic E-state index is 0.167. The highest BCUT2D eigenvalue weighted by Crippen LogP contribution is 2.21. The molecule has 1 amide bonds. The zero-order valence-corrected chi connectivity index (χ0v) is 15.9. The maximum Gasteiger partial charge on any atom is 0.268 e. The lowest BCUT2D eigenvalue weighted by atomic mass is 10.2. The molecule has 28 heavy (non-hydrogen) atoms. The van der Waals surface area contributed by atoms with Gasteiger partial charge < -0.3 is 14.6 Å². The van der Waals surface area contributed by atoms with Crippen molar-refractivity contribution in [1.29, 1.82) is 0 Å². The lowest BCUT2D eigenvalue weighted by Crippen LogP contribution is -2.28. The molecule has 0 radical (unpaired) electrons. The molecule has 2 aromatic heterocycles. The van der Waals surface area contributed by atoms with Crippen molar-refractivity contribution in [3.05, 3.63) is 87.8 Å². The summed E-state index contributed by atoms with van der Waals surface area (Å²) < 4.78 is 6.33. The number of thiophene rings is 1. The molecule has 6 nitrogen and oxygen atoms in total. The van der Waals surface area contributed by atoms with E-state index in [0.29, 0.717) is 27.4 Å². The number of hydrogen-bond acceptors (Lipinski definition) is 5. The summed E-state index contributed by atoms with van der Waals surface area (Å²) in [6.45, 7) is 0.210. The van der Waals surface area contributed by atoms with E-state index < -0.39 is 0 Å². The summed E-state index contributed by atoms with van der Waals surface area (Å²) in [7, 11) is 1.68. The highest BCUT2D eigenvalue weighted by atomic mass is 32.1. The Morgan fingerprint density at radius 1 is 1.07 bits per heavy atom. The summed E-state index contributed by atoms with van der Waals surface area (Å²) in [5.74, 6) is 1.67. The smallest absolute Gasteiger partial charge is 0.268 e. The second-order valence-corrected chi connectivity index (χ2v) is 7.16. The van der Waals surface area contributed by atoms with Crippen LogP contribution in [0.25, 0.3) is 10.2 Å². The van der Waals surface area contributed by atoms with E-state index >= 15 is 0 Å². The molecule has 4 aromatic rings. The van der Waals surface area contributed by atoms with Crippen molar-refractivity contribution in [1.82, 2.24) is 14.9 Å². The molecule has 4 rings (SSSR count). The van der Waals surface area contributed by atoms with Gasteiger partial charge in [-0.3, -0.25) is 9.59 Å². The summed E-state index contributed by atoms with van der Waals surface area (Å²) in [6, 6.07) is 18.2. The number of aromatic amines is 1. The number of rotatable bonds is 5. The minimum Gasteiger partial charge on any atom is -0.457 e. The van der Waals surface area contributed by atoms with Crippen molar-refractivity contribution < 1.29 is 9.53 Å². The number of benzene rings is 2. The zero-order valence-electron chi connectivity index (χ0n) is 15.1. The first kappa shape index (κ1) is 17.9. The Bertz CT molecular complexity index is 1170. The van der Waals surface area contributed by atoms with Gasteiger partial charge in [-0.05, 0) is 47.8 Å². The largest absolute Gasteiger partial charge is 0.457 e. The normalized spacial score (nSPS) is 10.8. The number of ether oxygens (including phenoxy) is 1. The van der Waals surface area contributed by atoms with Crippen molar-refractivity contribution in [2.75, 3.05) is 7.05 Å². The highest BCUT2D eigenvalue weighted by molar-refractivity contribution is 7.17. The van der Waals surface area contributed by atoms with Crippen LogP contribution in [0.1, 0.15) is 16.2 Å². The average molecular weight is 391 g/mol. The maximum absolute atomic E-state index is 12.7. The third-order valence-corrected chi connectivity index (χ3v) is 5.08. The van der Waals surface area contributed by atoms with Crippen molar-refractivity contribution in [3.8, 4) is 11.5 Å². The zero-order chi connectivity index (χ0) is 19.5. The molecule has 0 saturated carbocycles. The Balaban J connectivity index is 1.46. The van der Waals surface area contributed by atoms with Crippen LogP contribution in [0.5, 0.6) is 11.5 Å². The number of aromatic nitrogens is 2. The van der Waals surface area contributed by atoms with Crippen LogP contribution >= 0.6 is 11.3 Å². The number of H-pyrrole nitrogens is 1. The second kappa shape index (κ2) is 7.66. The van der Waals surface area contributed by atoms with Gasteiger partial charge in [-0.2, -0.15) is 0 Å². The first-order valence-electron chi connectivity index (χ1n) is 8.65. The van der Waals surface area contributed by atoms with E-state index in [4.69, 9.17) is 4.74 Å². The van der Waals surface area contributed by atoms with Crippen molar-refractivity contribution in [2.45, 2.75) is 6.54 Å². The topological polar surface area (TPSA) is 75.3 Å². The predicted molar refractivity (Wildman–Crippen MR) is 109 cm³/mol. The molecule has 0 bridgehead atoms. The Kier molecular flexibility index (Phi) is 4.90. The lowest BCUT2D eigenvalue weighted by Gasteiger charge is -2.17. The molecule has 0 fully saturated rings. The van der Waals surface area contributed by atoms with Crippen LogP contribution in [0, 0.1) is 0 Å². The monoisotopic (exact) mass is 391 g/mol. The molecule has 2 heterocycles. The first-order chi connectivity index (χ1) is 13.6. The van der Waals surface area contributed by atoms with Crippen molar-refractivity contribution >= 4 is 27.5 Å². The number of para-hydroxylation sites is 1. The average Bonchev–Trinajstić information content (AvgIpc) is 3.18. The fourth-order valence-corrected chi connectivity index (χ4v) is 3.53. The van der Waals surface area contributed by atoms with Gasteiger partial charge in [0.1, 0.15) is 22.0 Å². The van der Waals surface area contributed by atoms with Crippen LogP contribution in [0.2, 0.25) is 0 Å². The molecule has 0 atom stereocenters. The van der Waals surface area contributed by atoms with Gasteiger partial charge >= 0.3 is 0 Å².